The fourth-order valence-electron chi connectivity index (χ4n) is 1.99. The van der Waals surface area contributed by atoms with E-state index in [4.69, 9.17) is 10.00 Å². The average Bonchev–Trinajstić information content (AvgIpc) is 2.75. The molecule has 6 nitrogen and oxygen atoms in total. The largest absolute Gasteiger partial charge is 0.379 e. The van der Waals surface area contributed by atoms with Crippen LogP contribution in [0.25, 0.3) is 0 Å². The van der Waals surface area contributed by atoms with Crippen molar-refractivity contribution in [2.24, 2.45) is 0 Å². The Morgan fingerprint density at radius 1 is 1.61 bits per heavy atom. The van der Waals surface area contributed by atoms with E-state index in [1.807, 2.05) is 13.0 Å². The first-order valence-corrected chi connectivity index (χ1v) is 5.68. The minimum atomic E-state index is -0.508. The van der Waals surface area contributed by atoms with Gasteiger partial charge in [-0.3, -0.25) is 10.1 Å². The summed E-state index contributed by atoms with van der Waals surface area (Å²) in [5, 5.41) is 22.9. The second kappa shape index (κ2) is 5.02. The molecule has 2 unspecified atom stereocenters. The highest BCUT2D eigenvalue weighted by Gasteiger charge is 2.25. The van der Waals surface area contributed by atoms with Crippen molar-refractivity contribution in [3.05, 3.63) is 33.9 Å². The molecule has 0 spiro atoms. The highest BCUT2D eigenvalue weighted by molar-refractivity contribution is 5.61. The summed E-state index contributed by atoms with van der Waals surface area (Å²) in [6.45, 7) is 2.65. The number of hydrogen-bond acceptors (Lipinski definition) is 5. The summed E-state index contributed by atoms with van der Waals surface area (Å²) in [4.78, 5) is 10.1. The zero-order valence-electron chi connectivity index (χ0n) is 9.92. The molecule has 0 radical (unpaired) electrons. The van der Waals surface area contributed by atoms with Crippen LogP contribution in [0.3, 0.4) is 0 Å². The second-order valence-electron chi connectivity index (χ2n) is 4.21. The number of non-ortho nitro benzene ring substituents is 1. The van der Waals surface area contributed by atoms with Crippen molar-refractivity contribution in [1.29, 1.82) is 5.26 Å². The van der Waals surface area contributed by atoms with Crippen LogP contribution in [0, 0.1) is 21.4 Å². The van der Waals surface area contributed by atoms with Crippen molar-refractivity contribution in [2.75, 3.05) is 11.9 Å². The molecule has 0 bridgehead atoms. The minimum absolute atomic E-state index is 0.0757. The number of ether oxygens (including phenoxy) is 1. The third kappa shape index (κ3) is 2.41. The van der Waals surface area contributed by atoms with Crippen LogP contribution in [0.4, 0.5) is 11.4 Å². The third-order valence-corrected chi connectivity index (χ3v) is 3.05. The quantitative estimate of drug-likeness (QED) is 0.652. The molecule has 1 fully saturated rings. The SMILES string of the molecule is CC1OCCC1Nc1ccc([N+](=O)[O-])cc1C#N. The summed E-state index contributed by atoms with van der Waals surface area (Å²) >= 11 is 0. The zero-order chi connectivity index (χ0) is 13.1. The predicted octanol–water partition coefficient (Wildman–Crippen LogP) is 2.06. The van der Waals surface area contributed by atoms with Gasteiger partial charge in [-0.25, -0.2) is 0 Å². The first-order chi connectivity index (χ1) is 8.61. The number of nitrogens with one attached hydrogen (secondary N) is 1. The first-order valence-electron chi connectivity index (χ1n) is 5.68. The van der Waals surface area contributed by atoms with Gasteiger partial charge in [-0.15, -0.1) is 0 Å². The van der Waals surface area contributed by atoms with Crippen LogP contribution in [-0.2, 0) is 4.74 Å². The Bertz CT molecular complexity index is 510. The van der Waals surface area contributed by atoms with Gasteiger partial charge in [0.05, 0.1) is 28.3 Å². The number of nitro groups is 1. The number of anilines is 1. The molecule has 1 aromatic carbocycles. The highest BCUT2D eigenvalue weighted by Crippen LogP contribution is 2.25. The van der Waals surface area contributed by atoms with Crippen LogP contribution in [-0.4, -0.2) is 23.7 Å². The molecular weight excluding hydrogens is 234 g/mol. The molecule has 0 amide bonds. The van der Waals surface area contributed by atoms with Gasteiger partial charge in [-0.05, 0) is 19.4 Å². The predicted molar refractivity (Wildman–Crippen MR) is 65.3 cm³/mol. The fourth-order valence-corrected chi connectivity index (χ4v) is 1.99. The number of nitro benzene ring substituents is 1. The van der Waals surface area contributed by atoms with Gasteiger partial charge in [0.2, 0.25) is 0 Å². The molecule has 2 atom stereocenters. The Labute approximate surface area is 104 Å². The van der Waals surface area contributed by atoms with Crippen molar-refractivity contribution >= 4 is 11.4 Å². The Hall–Kier alpha value is -2.13. The lowest BCUT2D eigenvalue weighted by Crippen LogP contribution is -2.27. The van der Waals surface area contributed by atoms with Gasteiger partial charge in [-0.2, -0.15) is 5.26 Å². The molecule has 0 saturated carbocycles. The summed E-state index contributed by atoms with van der Waals surface area (Å²) < 4.78 is 5.42. The number of rotatable bonds is 3. The highest BCUT2D eigenvalue weighted by atomic mass is 16.6. The molecule has 1 saturated heterocycles. The van der Waals surface area contributed by atoms with Gasteiger partial charge >= 0.3 is 0 Å². The van der Waals surface area contributed by atoms with Crippen molar-refractivity contribution in [2.45, 2.75) is 25.5 Å². The Balaban J connectivity index is 2.23. The van der Waals surface area contributed by atoms with E-state index < -0.39 is 4.92 Å². The third-order valence-electron chi connectivity index (χ3n) is 3.05. The van der Waals surface area contributed by atoms with Gasteiger partial charge < -0.3 is 10.1 Å². The van der Waals surface area contributed by atoms with E-state index in [-0.39, 0.29) is 23.4 Å². The molecule has 0 aliphatic carbocycles. The molecule has 1 aromatic rings. The molecule has 6 heteroatoms. The topological polar surface area (TPSA) is 88.2 Å². The van der Waals surface area contributed by atoms with Crippen LogP contribution in [0.2, 0.25) is 0 Å². The lowest BCUT2D eigenvalue weighted by atomic mass is 10.1. The van der Waals surface area contributed by atoms with Crippen molar-refractivity contribution in [1.82, 2.24) is 0 Å². The monoisotopic (exact) mass is 247 g/mol. The van der Waals surface area contributed by atoms with Gasteiger partial charge in [0.15, 0.2) is 0 Å². The summed E-state index contributed by atoms with van der Waals surface area (Å²) in [7, 11) is 0. The Morgan fingerprint density at radius 3 is 2.94 bits per heavy atom. The summed E-state index contributed by atoms with van der Waals surface area (Å²) in [6.07, 6.45) is 0.940. The van der Waals surface area contributed by atoms with E-state index in [1.165, 1.54) is 12.1 Å². The van der Waals surface area contributed by atoms with Crippen LogP contribution < -0.4 is 5.32 Å². The Morgan fingerprint density at radius 2 is 2.39 bits per heavy atom. The van der Waals surface area contributed by atoms with Crippen molar-refractivity contribution < 1.29 is 9.66 Å². The molecular formula is C12H13N3O3. The minimum Gasteiger partial charge on any atom is -0.379 e. The van der Waals surface area contributed by atoms with Gasteiger partial charge in [0.1, 0.15) is 6.07 Å². The second-order valence-corrected chi connectivity index (χ2v) is 4.21. The number of benzene rings is 1. The number of nitriles is 1. The van der Waals surface area contributed by atoms with Crippen molar-refractivity contribution in [3.63, 3.8) is 0 Å². The van der Waals surface area contributed by atoms with E-state index in [0.717, 1.165) is 6.42 Å². The molecule has 18 heavy (non-hydrogen) atoms. The number of hydrogen-bond donors (Lipinski definition) is 1. The van der Waals surface area contributed by atoms with E-state index in [2.05, 4.69) is 5.32 Å². The lowest BCUT2D eigenvalue weighted by Gasteiger charge is -2.18. The van der Waals surface area contributed by atoms with Crippen LogP contribution >= 0.6 is 0 Å². The molecule has 1 aliphatic rings. The van der Waals surface area contributed by atoms with E-state index in [0.29, 0.717) is 12.3 Å². The lowest BCUT2D eigenvalue weighted by molar-refractivity contribution is -0.384. The van der Waals surface area contributed by atoms with Crippen LogP contribution in [0.5, 0.6) is 0 Å². The van der Waals surface area contributed by atoms with Gasteiger partial charge in [0.25, 0.3) is 5.69 Å². The van der Waals surface area contributed by atoms with Gasteiger partial charge in [0, 0.05) is 18.7 Å². The molecule has 1 aliphatic heterocycles. The van der Waals surface area contributed by atoms with E-state index in [1.54, 1.807) is 6.07 Å². The molecule has 94 valence electrons. The summed E-state index contributed by atoms with van der Waals surface area (Å²) in [5.74, 6) is 0. The standard InChI is InChI=1S/C12H13N3O3/c1-8-11(4-5-18-8)14-12-3-2-10(15(16)17)6-9(12)7-13/h2-3,6,8,11,14H,4-5H2,1H3. The van der Waals surface area contributed by atoms with E-state index >= 15 is 0 Å². The summed E-state index contributed by atoms with van der Waals surface area (Å²) in [5.41, 5.74) is 0.821. The first kappa shape index (κ1) is 12.3. The fraction of sp³-hybridized carbons (Fsp3) is 0.417. The maximum Gasteiger partial charge on any atom is 0.270 e. The molecule has 1 heterocycles. The normalized spacial score (nSPS) is 22.4. The smallest absolute Gasteiger partial charge is 0.270 e. The average molecular weight is 247 g/mol. The Kier molecular flexibility index (Phi) is 3.44. The molecule has 2 rings (SSSR count). The number of nitrogens with zero attached hydrogens (tertiary/aromatic N) is 2. The van der Waals surface area contributed by atoms with E-state index in [9.17, 15) is 10.1 Å². The molecule has 1 N–H and O–H groups in total. The van der Waals surface area contributed by atoms with Crippen LogP contribution in [0.15, 0.2) is 18.2 Å². The zero-order valence-corrected chi connectivity index (χ0v) is 9.92. The van der Waals surface area contributed by atoms with Crippen LogP contribution in [0.1, 0.15) is 18.9 Å². The maximum atomic E-state index is 10.6. The molecule has 0 aromatic heterocycles. The van der Waals surface area contributed by atoms with Crippen molar-refractivity contribution in [3.8, 4) is 6.07 Å². The maximum absolute atomic E-state index is 10.6. The van der Waals surface area contributed by atoms with Gasteiger partial charge in [-0.1, -0.05) is 0 Å². The summed E-state index contributed by atoms with van der Waals surface area (Å²) in [6, 6.07) is 6.35.